The smallest absolute Gasteiger partial charge is 0.466 e. The maximum Gasteiger partial charge on any atom is 0.521 e. The van der Waals surface area contributed by atoms with Crippen LogP contribution in [-0.4, -0.2) is 30.1 Å². The molecule has 0 aliphatic rings. The van der Waals surface area contributed by atoms with Gasteiger partial charge in [0.25, 0.3) is 5.69 Å². The first-order valence-corrected chi connectivity index (χ1v) is 5.36. The monoisotopic (exact) mass is 295 g/mol. The Morgan fingerprint density at radius 3 is 2.19 bits per heavy atom. The Morgan fingerprint density at radius 1 is 1.10 bits per heavy atom. The molecule has 1 rings (SSSR count). The molecule has 21 heavy (non-hydrogen) atoms. The summed E-state index contributed by atoms with van der Waals surface area (Å²) >= 11 is 0. The minimum atomic E-state index is -1.34. The zero-order valence-corrected chi connectivity index (χ0v) is 10.7. The molecule has 0 fully saturated rings. The van der Waals surface area contributed by atoms with Crippen LogP contribution in [0.1, 0.15) is 0 Å². The number of methoxy groups -OCH3 is 1. The molecule has 0 atom stereocenters. The van der Waals surface area contributed by atoms with Crippen LogP contribution in [-0.2, 0) is 19.1 Å². The van der Waals surface area contributed by atoms with Crippen molar-refractivity contribution in [3.8, 4) is 5.75 Å². The quantitative estimate of drug-likeness (QED) is 0.204. The van der Waals surface area contributed by atoms with Crippen molar-refractivity contribution in [3.05, 3.63) is 46.5 Å². The lowest BCUT2D eigenvalue weighted by atomic mass is 10.3. The largest absolute Gasteiger partial charge is 0.521 e. The van der Waals surface area contributed by atoms with Crippen LogP contribution in [0.2, 0.25) is 0 Å². The summed E-state index contributed by atoms with van der Waals surface area (Å²) in [6.07, 6.45) is 0.105. The molecule has 0 radical (unpaired) electrons. The molecule has 0 aromatic heterocycles. The van der Waals surface area contributed by atoms with Crippen LogP contribution in [0.25, 0.3) is 0 Å². The number of carbonyl (C=O) groups is 3. The lowest BCUT2D eigenvalue weighted by molar-refractivity contribution is -0.384. The number of rotatable bonds is 4. The number of nitrogens with zero attached hydrogens (tertiary/aromatic N) is 1. The van der Waals surface area contributed by atoms with E-state index in [9.17, 15) is 24.5 Å². The summed E-state index contributed by atoms with van der Waals surface area (Å²) in [7, 11) is 1.11. The van der Waals surface area contributed by atoms with Gasteiger partial charge >= 0.3 is 18.1 Å². The highest BCUT2D eigenvalue weighted by Gasteiger charge is 2.12. The van der Waals surface area contributed by atoms with Crippen LogP contribution in [0.3, 0.4) is 0 Å². The van der Waals surface area contributed by atoms with Gasteiger partial charge in [0.15, 0.2) is 0 Å². The van der Waals surface area contributed by atoms with Gasteiger partial charge in [-0.15, -0.1) is 0 Å². The van der Waals surface area contributed by atoms with Crippen LogP contribution in [0, 0.1) is 10.1 Å². The second-order valence-corrected chi connectivity index (χ2v) is 3.38. The standard InChI is InChI=1S/C12H9NO8/c1-19-10(14)6-7-11(15)21-12(16)20-9-4-2-8(3-5-9)13(17)18/h2-7H,1H3/b7-6+. The number of esters is 2. The van der Waals surface area contributed by atoms with E-state index in [-0.39, 0.29) is 11.4 Å². The van der Waals surface area contributed by atoms with E-state index in [1.165, 1.54) is 0 Å². The highest BCUT2D eigenvalue weighted by molar-refractivity contribution is 5.95. The Kier molecular flexibility index (Phi) is 5.56. The summed E-state index contributed by atoms with van der Waals surface area (Å²) in [5, 5.41) is 10.4. The van der Waals surface area contributed by atoms with E-state index < -0.39 is 23.0 Å². The summed E-state index contributed by atoms with van der Waals surface area (Å²) in [5.74, 6) is -1.97. The SMILES string of the molecule is COC(=O)/C=C/C(=O)OC(=O)Oc1ccc([N+](=O)[O-])cc1. The number of hydrogen-bond donors (Lipinski definition) is 0. The third-order valence-corrected chi connectivity index (χ3v) is 1.99. The third-order valence-electron chi connectivity index (χ3n) is 1.99. The summed E-state index contributed by atoms with van der Waals surface area (Å²) in [6, 6.07) is 4.55. The van der Waals surface area contributed by atoms with Crippen molar-refractivity contribution in [1.29, 1.82) is 0 Å². The molecule has 0 spiro atoms. The number of hydrogen-bond acceptors (Lipinski definition) is 8. The number of non-ortho nitro benzene ring substituents is 1. The fraction of sp³-hybridized carbons (Fsp3) is 0.0833. The summed E-state index contributed by atoms with van der Waals surface area (Å²) in [5.41, 5.74) is -0.187. The Morgan fingerprint density at radius 2 is 1.67 bits per heavy atom. The molecule has 0 heterocycles. The second kappa shape index (κ2) is 7.38. The zero-order chi connectivity index (χ0) is 15.8. The van der Waals surface area contributed by atoms with E-state index in [0.717, 1.165) is 37.5 Å². The van der Waals surface area contributed by atoms with Crippen LogP contribution >= 0.6 is 0 Å². The average molecular weight is 295 g/mol. The molecule has 1 aromatic carbocycles. The third kappa shape index (κ3) is 5.51. The van der Waals surface area contributed by atoms with Crippen molar-refractivity contribution in [2.24, 2.45) is 0 Å². The number of ether oxygens (including phenoxy) is 3. The molecule has 1 aromatic rings. The van der Waals surface area contributed by atoms with E-state index >= 15 is 0 Å². The van der Waals surface area contributed by atoms with Gasteiger partial charge in [-0.1, -0.05) is 0 Å². The van der Waals surface area contributed by atoms with Gasteiger partial charge in [-0.3, -0.25) is 10.1 Å². The molecule has 0 unspecified atom stereocenters. The molecule has 0 saturated carbocycles. The van der Waals surface area contributed by atoms with Crippen molar-refractivity contribution >= 4 is 23.8 Å². The Labute approximate surface area is 117 Å². The van der Waals surface area contributed by atoms with Crippen LogP contribution in [0.15, 0.2) is 36.4 Å². The first-order chi connectivity index (χ1) is 9.92. The predicted molar refractivity (Wildman–Crippen MR) is 66.4 cm³/mol. The summed E-state index contributed by atoms with van der Waals surface area (Å²) < 4.78 is 13.0. The minimum absolute atomic E-state index is 0.0460. The summed E-state index contributed by atoms with van der Waals surface area (Å²) in [4.78, 5) is 42.8. The van der Waals surface area contributed by atoms with Gasteiger partial charge in [-0.2, -0.15) is 0 Å². The van der Waals surface area contributed by atoms with Crippen molar-refractivity contribution in [2.45, 2.75) is 0 Å². The molecular weight excluding hydrogens is 286 g/mol. The van der Waals surface area contributed by atoms with E-state index in [0.29, 0.717) is 6.08 Å². The number of nitro groups is 1. The fourth-order valence-corrected chi connectivity index (χ4v) is 1.07. The Hall–Kier alpha value is -3.23. The number of nitro benzene ring substituents is 1. The Balaban J connectivity index is 2.53. The van der Waals surface area contributed by atoms with E-state index in [4.69, 9.17) is 0 Å². The van der Waals surface area contributed by atoms with E-state index in [2.05, 4.69) is 14.2 Å². The molecule has 9 heteroatoms. The number of benzene rings is 1. The van der Waals surface area contributed by atoms with E-state index in [1.807, 2.05) is 0 Å². The maximum absolute atomic E-state index is 11.2. The Bertz CT molecular complexity index is 590. The van der Waals surface area contributed by atoms with Crippen LogP contribution in [0.4, 0.5) is 10.5 Å². The van der Waals surface area contributed by atoms with Gasteiger partial charge in [0.2, 0.25) is 0 Å². The molecule has 0 aliphatic heterocycles. The van der Waals surface area contributed by atoms with Crippen molar-refractivity contribution in [1.82, 2.24) is 0 Å². The minimum Gasteiger partial charge on any atom is -0.466 e. The van der Waals surface area contributed by atoms with Crippen LogP contribution < -0.4 is 4.74 Å². The maximum atomic E-state index is 11.2. The van der Waals surface area contributed by atoms with Crippen LogP contribution in [0.5, 0.6) is 5.75 Å². The number of carbonyl (C=O) groups excluding carboxylic acids is 3. The molecular formula is C12H9NO8. The molecule has 0 bridgehead atoms. The molecule has 110 valence electrons. The van der Waals surface area contributed by atoms with Gasteiger partial charge < -0.3 is 14.2 Å². The lowest BCUT2D eigenvalue weighted by Gasteiger charge is -2.02. The molecule has 9 nitrogen and oxygen atoms in total. The van der Waals surface area contributed by atoms with Gasteiger partial charge in [-0.25, -0.2) is 14.4 Å². The molecule has 0 N–H and O–H groups in total. The summed E-state index contributed by atoms with van der Waals surface area (Å²) in [6.45, 7) is 0. The predicted octanol–water partition coefficient (Wildman–Crippen LogP) is 1.37. The zero-order valence-electron chi connectivity index (χ0n) is 10.7. The molecule has 0 amide bonds. The normalized spacial score (nSPS) is 9.95. The molecule has 0 saturated heterocycles. The van der Waals surface area contributed by atoms with Crippen molar-refractivity contribution < 1.29 is 33.5 Å². The van der Waals surface area contributed by atoms with Gasteiger partial charge in [0.05, 0.1) is 12.0 Å². The first kappa shape index (κ1) is 15.8. The van der Waals surface area contributed by atoms with Gasteiger partial charge in [0, 0.05) is 24.3 Å². The van der Waals surface area contributed by atoms with Crippen molar-refractivity contribution in [3.63, 3.8) is 0 Å². The highest BCUT2D eigenvalue weighted by Crippen LogP contribution is 2.17. The lowest BCUT2D eigenvalue weighted by Crippen LogP contribution is -2.15. The fourth-order valence-electron chi connectivity index (χ4n) is 1.07. The average Bonchev–Trinajstić information content (AvgIpc) is 2.45. The van der Waals surface area contributed by atoms with E-state index in [1.54, 1.807) is 0 Å². The topological polar surface area (TPSA) is 122 Å². The van der Waals surface area contributed by atoms with Crippen molar-refractivity contribution in [2.75, 3.05) is 7.11 Å². The van der Waals surface area contributed by atoms with Gasteiger partial charge in [-0.05, 0) is 12.1 Å². The molecule has 0 aliphatic carbocycles. The second-order valence-electron chi connectivity index (χ2n) is 3.38. The first-order valence-electron chi connectivity index (χ1n) is 5.36. The highest BCUT2D eigenvalue weighted by atomic mass is 16.7. The van der Waals surface area contributed by atoms with Gasteiger partial charge in [0.1, 0.15) is 5.75 Å².